The van der Waals surface area contributed by atoms with Crippen molar-refractivity contribution < 1.29 is 8.42 Å². The van der Waals surface area contributed by atoms with E-state index in [1.54, 1.807) is 24.3 Å². The van der Waals surface area contributed by atoms with Crippen LogP contribution in [0.25, 0.3) is 0 Å². The van der Waals surface area contributed by atoms with Gasteiger partial charge >= 0.3 is 0 Å². The quantitative estimate of drug-likeness (QED) is 0.836. The average Bonchev–Trinajstić information content (AvgIpc) is 3.10. The molecule has 2 N–H and O–H groups in total. The van der Waals surface area contributed by atoms with E-state index in [2.05, 4.69) is 26.0 Å². The second-order valence-electron chi connectivity index (χ2n) is 4.66. The van der Waals surface area contributed by atoms with Crippen molar-refractivity contribution in [2.24, 2.45) is 0 Å². The second-order valence-corrected chi connectivity index (χ2v) is 9.03. The van der Waals surface area contributed by atoms with Gasteiger partial charge in [-0.1, -0.05) is 0 Å². The fraction of sp³-hybridized carbons (Fsp3) is 0.231. The van der Waals surface area contributed by atoms with Crippen LogP contribution in [0, 0.1) is 0 Å². The zero-order valence-corrected chi connectivity index (χ0v) is 13.7. The van der Waals surface area contributed by atoms with E-state index in [0.29, 0.717) is 15.9 Å². The molecule has 20 heavy (non-hydrogen) atoms. The summed E-state index contributed by atoms with van der Waals surface area (Å²) in [6.07, 6.45) is 2.42. The number of benzene rings is 1. The molecule has 0 amide bonds. The fourth-order valence-electron chi connectivity index (χ4n) is 1.75. The van der Waals surface area contributed by atoms with Crippen molar-refractivity contribution in [3.05, 3.63) is 40.2 Å². The molecule has 1 aromatic heterocycles. The van der Waals surface area contributed by atoms with Crippen molar-refractivity contribution >= 4 is 48.7 Å². The van der Waals surface area contributed by atoms with Gasteiger partial charge in [0.25, 0.3) is 10.0 Å². The Morgan fingerprint density at radius 3 is 2.25 bits per heavy atom. The Kier molecular flexibility index (Phi) is 3.74. The summed E-state index contributed by atoms with van der Waals surface area (Å²) in [5.41, 5.74) is 1.59. The molecule has 4 nitrogen and oxygen atoms in total. The molecule has 7 heteroatoms. The van der Waals surface area contributed by atoms with Crippen LogP contribution in [0.2, 0.25) is 0 Å². The first-order chi connectivity index (χ1) is 9.53. The molecule has 1 saturated carbocycles. The van der Waals surface area contributed by atoms with Crippen LogP contribution >= 0.6 is 27.3 Å². The number of hydrogen-bond acceptors (Lipinski definition) is 4. The average molecular weight is 373 g/mol. The van der Waals surface area contributed by atoms with Gasteiger partial charge in [0.2, 0.25) is 0 Å². The lowest BCUT2D eigenvalue weighted by Gasteiger charge is -2.08. The van der Waals surface area contributed by atoms with Crippen molar-refractivity contribution in [1.29, 1.82) is 0 Å². The molecule has 1 fully saturated rings. The van der Waals surface area contributed by atoms with Crippen LogP contribution in [0.4, 0.5) is 11.4 Å². The van der Waals surface area contributed by atoms with Gasteiger partial charge in [0.05, 0.1) is 3.79 Å². The first-order valence-electron chi connectivity index (χ1n) is 6.18. The first-order valence-corrected chi connectivity index (χ1v) is 9.27. The lowest BCUT2D eigenvalue weighted by atomic mass is 10.3. The summed E-state index contributed by atoms with van der Waals surface area (Å²) in [6, 6.07) is 11.2. The van der Waals surface area contributed by atoms with Crippen LogP contribution < -0.4 is 10.0 Å². The van der Waals surface area contributed by atoms with Crippen molar-refractivity contribution in [3.63, 3.8) is 0 Å². The zero-order valence-electron chi connectivity index (χ0n) is 10.5. The van der Waals surface area contributed by atoms with Gasteiger partial charge in [-0.25, -0.2) is 8.42 Å². The lowest BCUT2D eigenvalue weighted by molar-refractivity contribution is 0.603. The molecule has 1 aromatic carbocycles. The van der Waals surface area contributed by atoms with E-state index in [0.717, 1.165) is 9.47 Å². The molecule has 1 aliphatic carbocycles. The number of thiophene rings is 1. The van der Waals surface area contributed by atoms with Gasteiger partial charge < -0.3 is 5.32 Å². The highest BCUT2D eigenvalue weighted by atomic mass is 79.9. The normalized spacial score (nSPS) is 15.1. The van der Waals surface area contributed by atoms with Gasteiger partial charge in [0.1, 0.15) is 4.21 Å². The van der Waals surface area contributed by atoms with E-state index >= 15 is 0 Å². The molecule has 0 atom stereocenters. The van der Waals surface area contributed by atoms with Crippen LogP contribution in [0.15, 0.2) is 44.4 Å². The van der Waals surface area contributed by atoms with Gasteiger partial charge in [-0.15, -0.1) is 11.3 Å². The fourth-order valence-corrected chi connectivity index (χ4v) is 4.81. The van der Waals surface area contributed by atoms with Crippen LogP contribution in [0.5, 0.6) is 0 Å². The van der Waals surface area contributed by atoms with Crippen LogP contribution in [0.3, 0.4) is 0 Å². The third-order valence-electron chi connectivity index (χ3n) is 2.90. The molecular weight excluding hydrogens is 360 g/mol. The van der Waals surface area contributed by atoms with Gasteiger partial charge in [-0.05, 0) is 65.2 Å². The summed E-state index contributed by atoms with van der Waals surface area (Å²) >= 11 is 4.45. The smallest absolute Gasteiger partial charge is 0.271 e. The molecule has 0 aliphatic heterocycles. The molecule has 0 bridgehead atoms. The largest absolute Gasteiger partial charge is 0.382 e. The first kappa shape index (κ1) is 13.9. The summed E-state index contributed by atoms with van der Waals surface area (Å²) in [4.78, 5) is 0. The van der Waals surface area contributed by atoms with E-state index in [1.807, 2.05) is 12.1 Å². The minimum Gasteiger partial charge on any atom is -0.382 e. The van der Waals surface area contributed by atoms with E-state index in [-0.39, 0.29) is 0 Å². The molecule has 3 rings (SSSR count). The summed E-state index contributed by atoms with van der Waals surface area (Å²) in [5, 5.41) is 3.36. The van der Waals surface area contributed by atoms with Gasteiger partial charge in [0, 0.05) is 17.4 Å². The Hall–Kier alpha value is -1.05. The van der Waals surface area contributed by atoms with Crippen molar-refractivity contribution in [3.8, 4) is 0 Å². The molecular formula is C13H13BrN2O2S2. The number of rotatable bonds is 5. The third-order valence-corrected chi connectivity index (χ3v) is 6.40. The van der Waals surface area contributed by atoms with Gasteiger partial charge in [0.15, 0.2) is 0 Å². The lowest BCUT2D eigenvalue weighted by Crippen LogP contribution is -2.11. The summed E-state index contributed by atoms with van der Waals surface area (Å²) in [7, 11) is -3.50. The number of sulfonamides is 1. The Labute approximate surface area is 130 Å². The Bertz CT molecular complexity index is 706. The maximum absolute atomic E-state index is 12.2. The summed E-state index contributed by atoms with van der Waals surface area (Å²) in [6.45, 7) is 0. The van der Waals surface area contributed by atoms with E-state index in [4.69, 9.17) is 0 Å². The van der Waals surface area contributed by atoms with Gasteiger partial charge in [-0.3, -0.25) is 4.72 Å². The SMILES string of the molecule is O=S(=O)(Nc1ccc(NC2CC2)cc1)c1ccc(Br)s1. The number of nitrogens with one attached hydrogen (secondary N) is 2. The Balaban J connectivity index is 1.73. The summed E-state index contributed by atoms with van der Waals surface area (Å²) < 4.78 is 28.0. The van der Waals surface area contributed by atoms with Crippen molar-refractivity contribution in [2.45, 2.75) is 23.1 Å². The standard InChI is InChI=1S/C13H13BrN2O2S2/c14-12-7-8-13(19-12)20(17,18)16-11-5-3-10(4-6-11)15-9-1-2-9/h3-9,15-16H,1-2H2. The minimum atomic E-state index is -3.50. The van der Waals surface area contributed by atoms with E-state index in [1.165, 1.54) is 24.2 Å². The van der Waals surface area contributed by atoms with Crippen molar-refractivity contribution in [2.75, 3.05) is 10.0 Å². The van der Waals surface area contributed by atoms with Crippen molar-refractivity contribution in [1.82, 2.24) is 0 Å². The molecule has 0 unspecified atom stereocenters. The third kappa shape index (κ3) is 3.34. The topological polar surface area (TPSA) is 58.2 Å². The number of anilines is 2. The van der Waals surface area contributed by atoms with Gasteiger partial charge in [-0.2, -0.15) is 0 Å². The summed E-state index contributed by atoms with van der Waals surface area (Å²) in [5.74, 6) is 0. The molecule has 2 aromatic rings. The van der Waals surface area contributed by atoms with Crippen LogP contribution in [0.1, 0.15) is 12.8 Å². The Morgan fingerprint density at radius 1 is 1.05 bits per heavy atom. The monoisotopic (exact) mass is 372 g/mol. The second kappa shape index (κ2) is 5.38. The highest BCUT2D eigenvalue weighted by Gasteiger charge is 2.21. The highest BCUT2D eigenvalue weighted by molar-refractivity contribution is 9.11. The van der Waals surface area contributed by atoms with E-state index < -0.39 is 10.0 Å². The van der Waals surface area contributed by atoms with Crippen LogP contribution in [-0.2, 0) is 10.0 Å². The molecule has 106 valence electrons. The predicted molar refractivity (Wildman–Crippen MR) is 85.9 cm³/mol. The van der Waals surface area contributed by atoms with E-state index in [9.17, 15) is 8.42 Å². The maximum atomic E-state index is 12.2. The predicted octanol–water partition coefficient (Wildman–Crippen LogP) is 3.89. The molecule has 1 heterocycles. The minimum absolute atomic E-state index is 0.296. The molecule has 0 spiro atoms. The molecule has 0 saturated heterocycles. The number of hydrogen-bond donors (Lipinski definition) is 2. The Morgan fingerprint density at radius 2 is 1.70 bits per heavy atom. The highest BCUT2D eigenvalue weighted by Crippen LogP contribution is 2.28. The van der Waals surface area contributed by atoms with Crippen LogP contribution in [-0.4, -0.2) is 14.5 Å². The number of halogens is 1. The maximum Gasteiger partial charge on any atom is 0.271 e. The zero-order chi connectivity index (χ0) is 14.2. The molecule has 1 aliphatic rings. The molecule has 0 radical (unpaired) electrons.